The van der Waals surface area contributed by atoms with Crippen molar-refractivity contribution in [3.63, 3.8) is 0 Å². The number of pyridine rings is 4. The van der Waals surface area contributed by atoms with E-state index in [1.54, 1.807) is 39.8 Å². The van der Waals surface area contributed by atoms with Crippen LogP contribution in [-0.2, 0) is 105 Å². The summed E-state index contributed by atoms with van der Waals surface area (Å²) in [4.78, 5) is 138. The third kappa shape index (κ3) is 25.9. The average molecular weight is 2250 g/mol. The number of aryl methyl sites for hydroxylation is 3. The first-order valence-electron chi connectivity index (χ1n) is 43.9. The number of ketones is 5. The lowest BCUT2D eigenvalue weighted by Gasteiger charge is -2.20. The molecule has 2 aliphatic heterocycles. The van der Waals surface area contributed by atoms with Gasteiger partial charge in [0, 0.05) is 104 Å². The van der Waals surface area contributed by atoms with Crippen LogP contribution in [0.3, 0.4) is 0 Å². The van der Waals surface area contributed by atoms with Crippen LogP contribution in [0.15, 0.2) is 146 Å². The maximum Gasteiger partial charge on any atom is 0.433 e. The highest BCUT2D eigenvalue weighted by atomic mass is 35.5. The predicted octanol–water partition coefficient (Wildman–Crippen LogP) is 16.7. The SMILES string of the molecule is CCCS(=O)(=O)Oc1c(C(=O)c2ccc3c(c2C)C(C)(C)CS3(=O)=O)cnn1C.COC(=O)c1nc(-c2ccc(Cl)c(OC)c2F)cc(N)c1Cl.COCCOCc1nc(C(F)(F)F)ccc1C(=O)C1C(=O)CCCC1=O.COc1c(Cl)ccc(-c2cc(N)c(Cl)c(C(=O)O)n2)c1F.Cc1c(C(=O)c2c[nH]n(C)c2=O)ccc2c1C(C)(C)CS2(=O)=O.Cc1ncccc1Oc1cc(-n2c(=O)cc(C(F)(F)F)n(C)c2=O)c(F)cc1Cl. The highest BCUT2D eigenvalue weighted by Gasteiger charge is 2.46. The van der Waals surface area contributed by atoms with E-state index in [4.69, 9.17) is 102 Å². The van der Waals surface area contributed by atoms with Crippen molar-refractivity contribution in [1.29, 1.82) is 0 Å². The molecule has 0 bridgehead atoms. The number of nitrogen functional groups attached to an aromatic ring is 2. The number of hydrogen-bond donors (Lipinski definition) is 4. The van der Waals surface area contributed by atoms with Crippen LogP contribution in [0, 0.1) is 44.1 Å². The number of fused-ring (bicyclic) bond motifs is 2. The topological polar surface area (TPSA) is 510 Å². The summed E-state index contributed by atoms with van der Waals surface area (Å²) in [5.41, 5.74) is 6.60. The van der Waals surface area contributed by atoms with E-state index in [0.29, 0.717) is 62.9 Å². The number of nitrogens with zero attached hydrogens (tertiary/aromatic N) is 9. The maximum atomic E-state index is 14.5. The second kappa shape index (κ2) is 47.2. The Morgan fingerprint density at radius 1 is 0.627 bits per heavy atom. The van der Waals surface area contributed by atoms with Gasteiger partial charge in [0.25, 0.3) is 11.1 Å². The zero-order valence-corrected chi connectivity index (χ0v) is 88.0. The van der Waals surface area contributed by atoms with E-state index in [9.17, 15) is 113 Å². The number of carboxylic acid groups (broad SMARTS) is 1. The summed E-state index contributed by atoms with van der Waals surface area (Å²) >= 11 is 29.3. The second-order valence-corrected chi connectivity index (χ2v) is 42.1. The summed E-state index contributed by atoms with van der Waals surface area (Å²) < 4.78 is 233. The van der Waals surface area contributed by atoms with Gasteiger partial charge in [0.1, 0.15) is 45.7 Å². The van der Waals surface area contributed by atoms with Crippen molar-refractivity contribution >= 4 is 140 Å². The van der Waals surface area contributed by atoms with E-state index in [1.807, 2.05) is 27.7 Å². The molecule has 9 heterocycles. The molecule has 0 amide bonds. The molecule has 12 aromatic rings. The number of alkyl halides is 6. The Bertz CT molecular complexity index is 7960. The smallest absolute Gasteiger partial charge is 0.433 e. The molecule has 800 valence electrons. The minimum atomic E-state index is -4.93. The van der Waals surface area contributed by atoms with Gasteiger partial charge in [0.15, 0.2) is 83.1 Å². The van der Waals surface area contributed by atoms with Gasteiger partial charge in [-0.25, -0.2) is 68.6 Å². The molecule has 150 heavy (non-hydrogen) atoms. The Hall–Kier alpha value is -13.7. The molecule has 0 atom stereocenters. The van der Waals surface area contributed by atoms with Gasteiger partial charge in [-0.1, -0.05) is 92.6 Å². The zero-order valence-electron chi connectivity index (χ0n) is 81.7. The van der Waals surface area contributed by atoms with Crippen LogP contribution in [0.25, 0.3) is 28.2 Å². The minimum absolute atomic E-state index is 0.00196. The number of H-pyrrole nitrogens is 1. The molecule has 53 heteroatoms. The van der Waals surface area contributed by atoms with Gasteiger partial charge in [0.2, 0.25) is 5.88 Å². The number of aromatic amines is 1. The minimum Gasteiger partial charge on any atom is -0.492 e. The largest absolute Gasteiger partial charge is 0.492 e. The molecule has 1 fully saturated rings. The number of halogens is 14. The number of nitrogens with one attached hydrogen (secondary N) is 1. The number of rotatable bonds is 24. The summed E-state index contributed by atoms with van der Waals surface area (Å²) in [7, 11) is -1.60. The van der Waals surface area contributed by atoms with Crippen LogP contribution >= 0.6 is 58.0 Å². The number of ether oxygens (including phenoxy) is 6. The number of sulfone groups is 2. The third-order valence-corrected chi connectivity index (χ3v) is 30.3. The van der Waals surface area contributed by atoms with Crippen molar-refractivity contribution in [2.45, 2.75) is 121 Å². The lowest BCUT2D eigenvalue weighted by atomic mass is 9.81. The Balaban J connectivity index is 0.000000185. The number of Topliss-reactive ketones (excluding diaryl/α,β-unsaturated/α-hetero) is 3. The maximum absolute atomic E-state index is 14.5. The lowest BCUT2D eigenvalue weighted by Crippen LogP contribution is -2.41. The molecule has 36 nitrogen and oxygen atoms in total. The van der Waals surface area contributed by atoms with Crippen molar-refractivity contribution in [3.8, 4) is 57.1 Å². The highest BCUT2D eigenvalue weighted by Crippen LogP contribution is 2.47. The summed E-state index contributed by atoms with van der Waals surface area (Å²) in [5.74, 6) is -9.40. The number of carbonyl (C=O) groups excluding carboxylic acids is 6. The summed E-state index contributed by atoms with van der Waals surface area (Å²) in [6.45, 7) is 14.1. The number of carbonyl (C=O) groups is 7. The van der Waals surface area contributed by atoms with Crippen LogP contribution in [0.5, 0.6) is 28.9 Å². The summed E-state index contributed by atoms with van der Waals surface area (Å²) in [5, 5.41) is 15.4. The molecular weight excluding hydrogens is 2160 g/mol. The molecule has 0 spiro atoms. The molecule has 7 aromatic heterocycles. The fourth-order valence-corrected chi connectivity index (χ4v) is 22.7. The lowest BCUT2D eigenvalue weighted by molar-refractivity contribution is -0.144. The second-order valence-electron chi connectivity index (χ2n) is 34.5. The van der Waals surface area contributed by atoms with Crippen molar-refractivity contribution in [3.05, 3.63) is 280 Å². The van der Waals surface area contributed by atoms with Crippen LogP contribution in [-0.4, -0.2) is 179 Å². The molecule has 0 saturated heterocycles. The van der Waals surface area contributed by atoms with Gasteiger partial charge >= 0.3 is 40.1 Å². The molecule has 15 rings (SSSR count). The van der Waals surface area contributed by atoms with Crippen molar-refractivity contribution < 1.29 is 136 Å². The summed E-state index contributed by atoms with van der Waals surface area (Å²) in [6, 6.07) is 20.8. The van der Waals surface area contributed by atoms with E-state index in [0.717, 1.165) is 25.2 Å². The van der Waals surface area contributed by atoms with E-state index in [-0.39, 0.29) is 186 Å². The first-order valence-corrected chi connectivity index (χ1v) is 50.7. The highest BCUT2D eigenvalue weighted by molar-refractivity contribution is 7.92. The molecule has 3 aliphatic rings. The number of hydrogen-bond acceptors (Lipinski definition) is 30. The monoisotopic (exact) mass is 2250 g/mol. The first-order chi connectivity index (χ1) is 69.9. The van der Waals surface area contributed by atoms with Crippen LogP contribution in [0.1, 0.15) is 169 Å². The number of esters is 1. The third-order valence-electron chi connectivity index (χ3n) is 23.0. The fourth-order valence-electron chi connectivity index (χ4n) is 16.1. The van der Waals surface area contributed by atoms with Gasteiger partial charge in [-0.05, 0) is 147 Å². The van der Waals surface area contributed by atoms with Crippen LogP contribution in [0.2, 0.25) is 25.1 Å². The normalized spacial score (nSPS) is 14.1. The number of aromatic carboxylic acids is 1. The van der Waals surface area contributed by atoms with E-state index >= 15 is 0 Å². The van der Waals surface area contributed by atoms with Gasteiger partial charge < -0.3 is 54.3 Å². The fraction of sp³-hybridized carbons (Fsp3) is 0.309. The number of methoxy groups -OCH3 is 4. The average Bonchev–Trinajstić information content (AvgIpc) is 1.57. The van der Waals surface area contributed by atoms with Crippen molar-refractivity contribution in [1.82, 2.24) is 48.6 Å². The quantitative estimate of drug-likeness (QED) is 0.0109. The number of benzene rings is 5. The molecule has 1 saturated carbocycles. The number of nitrogens with two attached hydrogens (primary N) is 2. The molecule has 0 radical (unpaired) electrons. The number of anilines is 2. The molecular formula is C97H92Cl5F9N12O24S3. The number of carboxylic acids is 1. The van der Waals surface area contributed by atoms with E-state index in [2.05, 4.69) is 34.9 Å². The Morgan fingerprint density at radius 2 is 1.14 bits per heavy atom. The first kappa shape index (κ1) is 118. The standard InChI is InChI=1S/C19H24N2O6S2.C18H12ClF4N3O3.C17H18F3NO5.C16H18N2O4S.C14H11Cl2FN2O3.C13H9Cl2FN2O3/c1-6-9-29(25,26)27-18-14(10-20-21(18)5)17(22)13-7-8-15-16(12(13)2)19(3,4)11-28(15,23)24;1-9-13(4-3-5-24-9)29-14-7-12(11(20)6-10(14)19)26-16(27)8-15(18(21,22)23)25(2)17(26)28;1-25-7-8-26-9-11-10(5-6-14(21-11)17(18,19)20)16(24)15-12(22)3-2-4-13(15)23;1-9-10(14(19)11-7-17-18(4)15(11)20)5-6-12-13(9)16(2,3)8-23(12,21)22;1-21-13-7(15)4-3-6(11(13)17)9-5-8(18)10(16)12(19-9)14(20)22-2;1-21-12-6(14)3-2-5(10(12)16)8-4-7(17)9(15)11(18-8)13(19)20/h7-8,10H,6,9,11H2,1-5H3;3-8H,1-2H3;5-6,15H,2-4,7-9H2,1H3;5-7,17H,8H2,1-4H3;3-5H,1-2H3,(H2,18,19);2-4H,1H3,(H2,17,18)(H,19,20). The van der Waals surface area contributed by atoms with Crippen molar-refractivity contribution in [2.24, 2.45) is 27.1 Å². The molecule has 5 aromatic carbocycles. The van der Waals surface area contributed by atoms with Gasteiger partial charge in [-0.2, -0.15) is 39.9 Å². The van der Waals surface area contributed by atoms with Gasteiger partial charge in [0.05, 0.1) is 139 Å². The Morgan fingerprint density at radius 3 is 1.61 bits per heavy atom. The van der Waals surface area contributed by atoms with Crippen LogP contribution in [0.4, 0.5) is 50.9 Å². The van der Waals surface area contributed by atoms with Crippen LogP contribution < -0.4 is 46.7 Å². The van der Waals surface area contributed by atoms with Gasteiger partial charge in [-0.15, -0.1) is 0 Å². The zero-order chi connectivity index (χ0) is 112. The van der Waals surface area contributed by atoms with Crippen molar-refractivity contribution in [2.75, 3.05) is 70.4 Å². The van der Waals surface area contributed by atoms with E-state index < -0.39 is 157 Å². The predicted molar refractivity (Wildman–Crippen MR) is 532 cm³/mol. The van der Waals surface area contributed by atoms with Gasteiger partial charge in [-0.3, -0.25) is 47.8 Å². The molecule has 6 N–H and O–H groups in total. The molecule has 0 unspecified atom stereocenters. The number of aromatic nitrogens is 10. The molecule has 1 aliphatic carbocycles. The van der Waals surface area contributed by atoms with E-state index in [1.165, 1.54) is 131 Å². The Kier molecular flexibility index (Phi) is 37.2. The summed E-state index contributed by atoms with van der Waals surface area (Å²) in [6.07, 6.45) is -4.54. The Labute approximate surface area is 874 Å².